The molecule has 0 fully saturated rings. The third-order valence-electron chi connectivity index (χ3n) is 3.53. The van der Waals surface area contributed by atoms with Crippen molar-refractivity contribution in [1.82, 2.24) is 20.1 Å². The van der Waals surface area contributed by atoms with E-state index in [1.54, 1.807) is 12.1 Å². The van der Waals surface area contributed by atoms with E-state index in [2.05, 4.69) is 30.7 Å². The molecule has 0 atom stereocenters. The van der Waals surface area contributed by atoms with Gasteiger partial charge in [0, 0.05) is 23.4 Å². The number of nitrogens with zero attached hydrogens (tertiary/aromatic N) is 6. The maximum Gasteiger partial charge on any atom is 0.213 e. The molecule has 0 aromatic carbocycles. The van der Waals surface area contributed by atoms with Gasteiger partial charge in [-0.15, -0.1) is 0 Å². The number of hydrogen-bond donors (Lipinski definition) is 2. The van der Waals surface area contributed by atoms with E-state index in [1.165, 1.54) is 24.4 Å². The molecule has 0 radical (unpaired) electrons. The van der Waals surface area contributed by atoms with E-state index in [1.807, 2.05) is 6.07 Å². The summed E-state index contributed by atoms with van der Waals surface area (Å²) in [6, 6.07) is 7.34. The van der Waals surface area contributed by atoms with E-state index in [9.17, 15) is 10.5 Å². The molecule has 0 aliphatic heterocycles. The van der Waals surface area contributed by atoms with Crippen LogP contribution in [-0.2, 0) is 5.75 Å². The fourth-order valence-corrected chi connectivity index (χ4v) is 3.19. The largest absolute Gasteiger partial charge is 0.475 e. The maximum absolute atomic E-state index is 9.72. The molecule has 0 aliphatic carbocycles. The topological polar surface area (TPSA) is 168 Å². The van der Waals surface area contributed by atoms with Crippen LogP contribution in [0, 0.1) is 22.7 Å². The number of thioether (sulfide) groups is 1. The van der Waals surface area contributed by atoms with E-state index in [0.717, 1.165) is 0 Å². The van der Waals surface area contributed by atoms with Crippen LogP contribution in [0.3, 0.4) is 0 Å². The van der Waals surface area contributed by atoms with Crippen LogP contribution < -0.4 is 10.5 Å². The van der Waals surface area contributed by atoms with Crippen molar-refractivity contribution in [2.75, 3.05) is 18.9 Å². The Morgan fingerprint density at radius 1 is 1.21 bits per heavy atom. The number of nitrogen functional groups attached to an aromatic ring is 1. The normalized spacial score (nSPS) is 10.2. The Kier molecular flexibility index (Phi) is 6.01. The second-order valence-electron chi connectivity index (χ2n) is 5.24. The van der Waals surface area contributed by atoms with Gasteiger partial charge in [-0.1, -0.05) is 16.9 Å². The number of nitriles is 2. The van der Waals surface area contributed by atoms with E-state index in [-0.39, 0.29) is 30.2 Å². The first-order valence-electron chi connectivity index (χ1n) is 7.89. The van der Waals surface area contributed by atoms with Crippen molar-refractivity contribution in [3.8, 4) is 29.1 Å². The zero-order valence-electron chi connectivity index (χ0n) is 14.4. The van der Waals surface area contributed by atoms with Gasteiger partial charge in [0.05, 0.1) is 17.9 Å². The number of ether oxygens (including phenoxy) is 1. The number of aliphatic hydroxyl groups is 1. The fraction of sp³-hybridized carbons (Fsp3) is 0.176. The second-order valence-corrected chi connectivity index (χ2v) is 6.21. The third kappa shape index (κ3) is 4.01. The number of nitrogens with two attached hydrogens (primary N) is 1. The van der Waals surface area contributed by atoms with Crippen molar-refractivity contribution in [3.05, 3.63) is 41.7 Å². The molecule has 0 saturated heterocycles. The highest BCUT2D eigenvalue weighted by atomic mass is 32.2. The van der Waals surface area contributed by atoms with Crippen LogP contribution in [0.4, 0.5) is 5.82 Å². The average Bonchev–Trinajstić information content (AvgIpc) is 3.24. The van der Waals surface area contributed by atoms with Gasteiger partial charge in [-0.2, -0.15) is 15.5 Å². The lowest BCUT2D eigenvalue weighted by Crippen LogP contribution is -2.05. The number of aromatic nitrogens is 4. The monoisotopic (exact) mass is 395 g/mol. The summed E-state index contributed by atoms with van der Waals surface area (Å²) in [4.78, 5) is 12.3. The van der Waals surface area contributed by atoms with Crippen molar-refractivity contribution in [3.63, 3.8) is 0 Å². The third-order valence-corrected chi connectivity index (χ3v) is 4.50. The Morgan fingerprint density at radius 2 is 2.04 bits per heavy atom. The second kappa shape index (κ2) is 8.81. The highest BCUT2D eigenvalue weighted by molar-refractivity contribution is 7.98. The number of anilines is 1. The smallest absolute Gasteiger partial charge is 0.213 e. The molecule has 10 nitrogen and oxygen atoms in total. The van der Waals surface area contributed by atoms with Crippen molar-refractivity contribution >= 4 is 17.6 Å². The molecule has 3 N–H and O–H groups in total. The molecule has 11 heteroatoms. The Morgan fingerprint density at radius 3 is 2.64 bits per heavy atom. The molecule has 0 amide bonds. The Bertz CT molecular complexity index is 1040. The summed E-state index contributed by atoms with van der Waals surface area (Å²) in [5.41, 5.74) is 7.10. The van der Waals surface area contributed by atoms with Gasteiger partial charge in [0.25, 0.3) is 0 Å². The Hall–Kier alpha value is -3.67. The molecule has 3 aromatic heterocycles. The standard InChI is InChI=1S/C17H13N7O3S/c18-5-11-15(10-1-2-14(21-7-10)26-4-3-25)12(6-19)17(23-16(11)20)28-8-13-22-9-27-24-13/h1-2,7,9,25H,3-4,8H2,(H2,20,23). The van der Waals surface area contributed by atoms with Gasteiger partial charge in [0.2, 0.25) is 12.3 Å². The van der Waals surface area contributed by atoms with Crippen LogP contribution in [0.5, 0.6) is 5.88 Å². The maximum atomic E-state index is 9.72. The average molecular weight is 395 g/mol. The zero-order chi connectivity index (χ0) is 19.9. The van der Waals surface area contributed by atoms with Crippen LogP contribution in [0.2, 0.25) is 0 Å². The van der Waals surface area contributed by atoms with Crippen molar-refractivity contribution < 1.29 is 14.4 Å². The predicted octanol–water partition coefficient (Wildman–Crippen LogP) is 1.52. The van der Waals surface area contributed by atoms with Gasteiger partial charge in [0.15, 0.2) is 5.82 Å². The molecular formula is C17H13N7O3S. The molecular weight excluding hydrogens is 382 g/mol. The molecule has 3 rings (SSSR count). The van der Waals surface area contributed by atoms with E-state index < -0.39 is 0 Å². The lowest BCUT2D eigenvalue weighted by atomic mass is 9.98. The number of pyridine rings is 2. The number of hydrogen-bond acceptors (Lipinski definition) is 11. The lowest BCUT2D eigenvalue weighted by molar-refractivity contribution is 0.196. The van der Waals surface area contributed by atoms with Gasteiger partial charge in [-0.25, -0.2) is 9.97 Å². The molecule has 3 aromatic rings. The van der Waals surface area contributed by atoms with E-state index >= 15 is 0 Å². The predicted molar refractivity (Wildman–Crippen MR) is 97.8 cm³/mol. The Labute approximate surface area is 163 Å². The summed E-state index contributed by atoms with van der Waals surface area (Å²) in [6.07, 6.45) is 2.68. The van der Waals surface area contributed by atoms with Gasteiger partial charge in [-0.05, 0) is 6.07 Å². The molecule has 0 bridgehead atoms. The molecule has 3 heterocycles. The number of rotatable bonds is 7. The molecule has 0 unspecified atom stereocenters. The van der Waals surface area contributed by atoms with Gasteiger partial charge >= 0.3 is 0 Å². The van der Waals surface area contributed by atoms with Crippen molar-refractivity contribution in [1.29, 1.82) is 10.5 Å². The van der Waals surface area contributed by atoms with Gasteiger partial charge in [-0.3, -0.25) is 0 Å². The van der Waals surface area contributed by atoms with Crippen molar-refractivity contribution in [2.45, 2.75) is 10.8 Å². The number of aliphatic hydroxyl groups excluding tert-OH is 1. The quantitative estimate of drug-likeness (QED) is 0.556. The van der Waals surface area contributed by atoms with Gasteiger partial charge < -0.3 is 20.1 Å². The first-order chi connectivity index (χ1) is 13.7. The summed E-state index contributed by atoms with van der Waals surface area (Å²) in [6.45, 7) is -0.0270. The van der Waals surface area contributed by atoms with Crippen LogP contribution in [0.15, 0.2) is 34.3 Å². The summed E-state index contributed by atoms with van der Waals surface area (Å²) >= 11 is 1.20. The summed E-state index contributed by atoms with van der Waals surface area (Å²) < 4.78 is 9.92. The van der Waals surface area contributed by atoms with Crippen molar-refractivity contribution in [2.24, 2.45) is 0 Å². The first kappa shape index (κ1) is 19.1. The minimum Gasteiger partial charge on any atom is -0.475 e. The van der Waals surface area contributed by atoms with Crippen LogP contribution in [-0.4, -0.2) is 38.4 Å². The van der Waals surface area contributed by atoms with E-state index in [0.29, 0.717) is 33.6 Å². The minimum atomic E-state index is -0.136. The van der Waals surface area contributed by atoms with Crippen LogP contribution in [0.1, 0.15) is 17.0 Å². The Balaban J connectivity index is 2.03. The molecule has 0 aliphatic rings. The highest BCUT2D eigenvalue weighted by Crippen LogP contribution is 2.36. The van der Waals surface area contributed by atoms with Crippen LogP contribution in [0.25, 0.3) is 11.1 Å². The summed E-state index contributed by atoms with van der Waals surface area (Å²) in [5.74, 6) is 1.07. The molecule has 28 heavy (non-hydrogen) atoms. The molecule has 0 saturated carbocycles. The molecule has 0 spiro atoms. The summed E-state index contributed by atoms with van der Waals surface area (Å²) in [5, 5.41) is 32.1. The summed E-state index contributed by atoms with van der Waals surface area (Å²) in [7, 11) is 0. The van der Waals surface area contributed by atoms with E-state index in [4.69, 9.17) is 15.6 Å². The van der Waals surface area contributed by atoms with Gasteiger partial charge in [0.1, 0.15) is 35.2 Å². The fourth-order valence-electron chi connectivity index (χ4n) is 2.34. The van der Waals surface area contributed by atoms with Crippen LogP contribution >= 0.6 is 11.8 Å². The first-order valence-corrected chi connectivity index (χ1v) is 8.88. The lowest BCUT2D eigenvalue weighted by Gasteiger charge is -2.12. The molecule has 140 valence electrons. The highest BCUT2D eigenvalue weighted by Gasteiger charge is 2.21. The zero-order valence-corrected chi connectivity index (χ0v) is 15.2. The minimum absolute atomic E-state index is 0.00715. The SMILES string of the molecule is N#Cc1c(N)nc(SCc2ncon2)c(C#N)c1-c1ccc(OCCO)nc1.